The lowest BCUT2D eigenvalue weighted by molar-refractivity contribution is 0.0934. The first-order chi connectivity index (χ1) is 13.7. The highest BCUT2D eigenvalue weighted by Crippen LogP contribution is 2.36. The summed E-state index contributed by atoms with van der Waals surface area (Å²) in [5.41, 5.74) is 2.32. The molecule has 1 amide bonds. The molecule has 1 atom stereocenters. The Hall–Kier alpha value is -2.86. The van der Waals surface area contributed by atoms with Crippen molar-refractivity contribution in [3.05, 3.63) is 89.4 Å². The van der Waals surface area contributed by atoms with Crippen LogP contribution < -0.4 is 10.1 Å². The molecule has 0 spiro atoms. The number of amides is 1. The maximum atomic E-state index is 13.7. The lowest BCUT2D eigenvalue weighted by Gasteiger charge is -2.26. The van der Waals surface area contributed by atoms with E-state index in [1.165, 1.54) is 12.1 Å². The number of thioether (sulfide) groups is 1. The molecule has 4 nitrogen and oxygen atoms in total. The molecule has 28 heavy (non-hydrogen) atoms. The SMILES string of the molecule is O=C(N[C@H]1CCSc2ccc(F)cc21)c1ccnc(OCc2ccccc2)c1. The van der Waals surface area contributed by atoms with Gasteiger partial charge in [-0.2, -0.15) is 0 Å². The summed E-state index contributed by atoms with van der Waals surface area (Å²) < 4.78 is 19.4. The first kappa shape index (κ1) is 18.5. The Morgan fingerprint density at radius 1 is 1.18 bits per heavy atom. The van der Waals surface area contributed by atoms with E-state index in [4.69, 9.17) is 4.74 Å². The number of fused-ring (bicyclic) bond motifs is 1. The van der Waals surface area contributed by atoms with Crippen LogP contribution in [-0.2, 0) is 6.61 Å². The molecule has 0 unspecified atom stereocenters. The summed E-state index contributed by atoms with van der Waals surface area (Å²) in [6, 6.07) is 17.6. The Bertz CT molecular complexity index is 981. The minimum absolute atomic E-state index is 0.207. The van der Waals surface area contributed by atoms with Gasteiger partial charge in [0.1, 0.15) is 12.4 Å². The van der Waals surface area contributed by atoms with Gasteiger partial charge in [0, 0.05) is 28.5 Å². The van der Waals surface area contributed by atoms with Crippen LogP contribution >= 0.6 is 11.8 Å². The molecular formula is C22H19FN2O2S. The summed E-state index contributed by atoms with van der Waals surface area (Å²) in [5, 5.41) is 3.02. The number of carbonyl (C=O) groups is 1. The van der Waals surface area contributed by atoms with Gasteiger partial charge < -0.3 is 10.1 Å². The number of nitrogens with one attached hydrogen (secondary N) is 1. The van der Waals surface area contributed by atoms with Crippen molar-refractivity contribution < 1.29 is 13.9 Å². The van der Waals surface area contributed by atoms with Crippen molar-refractivity contribution in [1.82, 2.24) is 10.3 Å². The molecule has 0 saturated heterocycles. The second-order valence-electron chi connectivity index (χ2n) is 6.50. The molecule has 0 radical (unpaired) electrons. The molecular weight excluding hydrogens is 375 g/mol. The minimum atomic E-state index is -0.291. The van der Waals surface area contributed by atoms with Gasteiger partial charge in [-0.3, -0.25) is 4.79 Å². The highest BCUT2D eigenvalue weighted by molar-refractivity contribution is 7.99. The molecule has 6 heteroatoms. The number of rotatable bonds is 5. The summed E-state index contributed by atoms with van der Waals surface area (Å²) in [6.07, 6.45) is 2.31. The fourth-order valence-corrected chi connectivity index (χ4v) is 4.22. The molecule has 1 aliphatic rings. The first-order valence-electron chi connectivity index (χ1n) is 9.05. The second-order valence-corrected chi connectivity index (χ2v) is 7.64. The average Bonchev–Trinajstić information content (AvgIpc) is 2.73. The fourth-order valence-electron chi connectivity index (χ4n) is 3.12. The number of hydrogen-bond acceptors (Lipinski definition) is 4. The van der Waals surface area contributed by atoms with E-state index in [2.05, 4.69) is 10.3 Å². The van der Waals surface area contributed by atoms with Gasteiger partial charge in [-0.15, -0.1) is 11.8 Å². The van der Waals surface area contributed by atoms with E-state index in [9.17, 15) is 9.18 Å². The summed E-state index contributed by atoms with van der Waals surface area (Å²) in [6.45, 7) is 0.380. The van der Waals surface area contributed by atoms with Crippen LogP contribution in [0.4, 0.5) is 4.39 Å². The Balaban J connectivity index is 1.45. The number of aromatic nitrogens is 1. The molecule has 2 heterocycles. The third-order valence-corrected chi connectivity index (χ3v) is 5.67. The highest BCUT2D eigenvalue weighted by atomic mass is 32.2. The average molecular weight is 394 g/mol. The standard InChI is InChI=1S/C22H19FN2O2S/c23-17-6-7-20-18(13-17)19(9-11-28-20)25-22(26)16-8-10-24-21(12-16)27-14-15-4-2-1-3-5-15/h1-8,10,12-13,19H,9,11,14H2,(H,25,26)/t19-/m0/s1. The van der Waals surface area contributed by atoms with E-state index < -0.39 is 0 Å². The number of benzene rings is 2. The van der Waals surface area contributed by atoms with Gasteiger partial charge in [-0.05, 0) is 41.8 Å². The molecule has 1 aliphatic heterocycles. The van der Waals surface area contributed by atoms with Crippen molar-refractivity contribution >= 4 is 17.7 Å². The predicted molar refractivity (Wildman–Crippen MR) is 107 cm³/mol. The molecule has 3 aromatic rings. The third kappa shape index (κ3) is 4.34. The van der Waals surface area contributed by atoms with E-state index >= 15 is 0 Å². The van der Waals surface area contributed by atoms with Gasteiger partial charge in [-0.1, -0.05) is 30.3 Å². The summed E-state index contributed by atoms with van der Waals surface area (Å²) in [4.78, 5) is 17.9. The molecule has 1 N–H and O–H groups in total. The minimum Gasteiger partial charge on any atom is -0.473 e. The van der Waals surface area contributed by atoms with Crippen LogP contribution in [0.25, 0.3) is 0 Å². The number of halogens is 1. The topological polar surface area (TPSA) is 51.2 Å². The number of carbonyl (C=O) groups excluding carboxylic acids is 1. The van der Waals surface area contributed by atoms with Crippen LogP contribution in [0, 0.1) is 5.82 Å². The third-order valence-electron chi connectivity index (χ3n) is 4.54. The first-order valence-corrected chi connectivity index (χ1v) is 10.0. The highest BCUT2D eigenvalue weighted by Gasteiger charge is 2.23. The van der Waals surface area contributed by atoms with Crippen LogP contribution in [0.15, 0.2) is 71.8 Å². The molecule has 0 bridgehead atoms. The van der Waals surface area contributed by atoms with E-state index in [-0.39, 0.29) is 17.8 Å². The Kier molecular flexibility index (Phi) is 5.58. The molecule has 1 aromatic heterocycles. The van der Waals surface area contributed by atoms with Crippen LogP contribution in [0.3, 0.4) is 0 Å². The Labute approximate surface area is 167 Å². The van der Waals surface area contributed by atoms with Crippen molar-refractivity contribution in [2.45, 2.75) is 24.0 Å². The number of hydrogen-bond donors (Lipinski definition) is 1. The zero-order valence-electron chi connectivity index (χ0n) is 15.1. The van der Waals surface area contributed by atoms with Crippen LogP contribution in [0.5, 0.6) is 5.88 Å². The van der Waals surface area contributed by atoms with Crippen molar-refractivity contribution in [3.8, 4) is 5.88 Å². The van der Waals surface area contributed by atoms with Gasteiger partial charge in [0.25, 0.3) is 5.91 Å². The summed E-state index contributed by atoms with van der Waals surface area (Å²) in [7, 11) is 0. The molecule has 142 valence electrons. The second kappa shape index (κ2) is 8.44. The van der Waals surface area contributed by atoms with Gasteiger partial charge in [-0.25, -0.2) is 9.37 Å². The number of pyridine rings is 1. The summed E-state index contributed by atoms with van der Waals surface area (Å²) in [5.74, 6) is 0.757. The maximum absolute atomic E-state index is 13.7. The normalized spacial score (nSPS) is 15.5. The number of ether oxygens (including phenoxy) is 1. The molecule has 2 aromatic carbocycles. The van der Waals surface area contributed by atoms with Gasteiger partial charge in [0.15, 0.2) is 0 Å². The van der Waals surface area contributed by atoms with Gasteiger partial charge in [0.2, 0.25) is 5.88 Å². The smallest absolute Gasteiger partial charge is 0.252 e. The van der Waals surface area contributed by atoms with Gasteiger partial charge in [0.05, 0.1) is 6.04 Å². The van der Waals surface area contributed by atoms with Crippen molar-refractivity contribution in [3.63, 3.8) is 0 Å². The van der Waals surface area contributed by atoms with Gasteiger partial charge >= 0.3 is 0 Å². The largest absolute Gasteiger partial charge is 0.473 e. The van der Waals surface area contributed by atoms with E-state index in [1.54, 1.807) is 36.2 Å². The zero-order valence-corrected chi connectivity index (χ0v) is 15.9. The Morgan fingerprint density at radius 3 is 2.89 bits per heavy atom. The van der Waals surface area contributed by atoms with Crippen molar-refractivity contribution in [2.24, 2.45) is 0 Å². The molecule has 0 fully saturated rings. The quantitative estimate of drug-likeness (QED) is 0.677. The van der Waals surface area contributed by atoms with Crippen LogP contribution in [-0.4, -0.2) is 16.6 Å². The van der Waals surface area contributed by atoms with E-state index in [0.717, 1.165) is 28.2 Å². The van der Waals surface area contributed by atoms with Crippen molar-refractivity contribution in [1.29, 1.82) is 0 Å². The molecule has 4 rings (SSSR count). The lowest BCUT2D eigenvalue weighted by Crippen LogP contribution is -2.30. The number of nitrogens with zero attached hydrogens (tertiary/aromatic N) is 1. The van der Waals surface area contributed by atoms with Crippen LogP contribution in [0.2, 0.25) is 0 Å². The van der Waals surface area contributed by atoms with E-state index in [0.29, 0.717) is 18.1 Å². The predicted octanol–water partition coefficient (Wildman–Crippen LogP) is 4.77. The molecule has 0 saturated carbocycles. The van der Waals surface area contributed by atoms with Crippen LogP contribution in [0.1, 0.15) is 33.9 Å². The fraction of sp³-hybridized carbons (Fsp3) is 0.182. The molecule has 0 aliphatic carbocycles. The lowest BCUT2D eigenvalue weighted by atomic mass is 10.0. The monoisotopic (exact) mass is 394 g/mol. The summed E-state index contributed by atoms with van der Waals surface area (Å²) >= 11 is 1.68. The maximum Gasteiger partial charge on any atom is 0.252 e. The van der Waals surface area contributed by atoms with E-state index in [1.807, 2.05) is 30.3 Å². The van der Waals surface area contributed by atoms with Crippen molar-refractivity contribution in [2.75, 3.05) is 5.75 Å². The zero-order chi connectivity index (χ0) is 19.3. The Morgan fingerprint density at radius 2 is 2.04 bits per heavy atom.